The summed E-state index contributed by atoms with van der Waals surface area (Å²) in [6.07, 6.45) is 1.14. The average Bonchev–Trinajstić information content (AvgIpc) is 2.72. The van der Waals surface area contributed by atoms with Crippen molar-refractivity contribution in [2.75, 3.05) is 6.61 Å². The lowest BCUT2D eigenvalue weighted by atomic mass is 9.79. The minimum absolute atomic E-state index is 0.0520. The molecule has 0 heterocycles. The molecule has 3 nitrogen and oxygen atoms in total. The average molecular weight is 494 g/mol. The van der Waals surface area contributed by atoms with Crippen LogP contribution in [0.5, 0.6) is 5.75 Å². The molecule has 0 bridgehead atoms. The second-order valence-electron chi connectivity index (χ2n) is 14.4. The van der Waals surface area contributed by atoms with Gasteiger partial charge in [0.15, 0.2) is 0 Å². The topological polar surface area (TPSA) is 38.3 Å². The number of carbonyl (C=O) groups excluding carboxylic acids is 1. The predicted octanol–water partition coefficient (Wildman–Crippen LogP) is 8.35. The highest BCUT2D eigenvalue weighted by Crippen LogP contribution is 2.33. The molecule has 2 rings (SSSR count). The molecule has 0 fully saturated rings. The Morgan fingerprint density at radius 3 is 1.42 bits per heavy atom. The molecule has 0 saturated heterocycles. The molecule has 0 aliphatic rings. The molecule has 0 aliphatic carbocycles. The normalized spacial score (nSPS) is 13.0. The maximum absolute atomic E-state index is 12.6. The third-order valence-electron chi connectivity index (χ3n) is 6.67. The van der Waals surface area contributed by atoms with E-state index in [1.54, 1.807) is 0 Å². The summed E-state index contributed by atoms with van der Waals surface area (Å²) in [5.41, 5.74) is 6.55. The lowest BCUT2D eigenvalue weighted by Gasteiger charge is -2.26. The van der Waals surface area contributed by atoms with Gasteiger partial charge in [-0.1, -0.05) is 107 Å². The van der Waals surface area contributed by atoms with Crippen LogP contribution < -0.4 is 10.1 Å². The Hall–Kier alpha value is -2.29. The van der Waals surface area contributed by atoms with Gasteiger partial charge >= 0.3 is 0 Å². The van der Waals surface area contributed by atoms with Crippen LogP contribution in [0, 0.1) is 0 Å². The highest BCUT2D eigenvalue weighted by Gasteiger charge is 2.22. The molecule has 2 aromatic rings. The molecule has 1 amide bonds. The van der Waals surface area contributed by atoms with Gasteiger partial charge in [0.2, 0.25) is 5.91 Å². The predicted molar refractivity (Wildman–Crippen MR) is 154 cm³/mol. The van der Waals surface area contributed by atoms with Gasteiger partial charge in [0.25, 0.3) is 0 Å². The van der Waals surface area contributed by atoms with E-state index in [4.69, 9.17) is 4.74 Å². The molecule has 0 aromatic heterocycles. The lowest BCUT2D eigenvalue weighted by molar-refractivity contribution is -0.121. The fourth-order valence-corrected chi connectivity index (χ4v) is 3.92. The van der Waals surface area contributed by atoms with Crippen LogP contribution >= 0.6 is 0 Å². The second kappa shape index (κ2) is 11.0. The molecule has 0 unspecified atom stereocenters. The lowest BCUT2D eigenvalue weighted by Crippen LogP contribution is -2.24. The van der Waals surface area contributed by atoms with Gasteiger partial charge in [0.1, 0.15) is 5.75 Å². The van der Waals surface area contributed by atoms with Crippen LogP contribution in [0.1, 0.15) is 124 Å². The standard InChI is InChI=1S/C33H51NO2/c1-30(2,3)24-16-23(17-25(18-24)31(4,5)6)22-34-29(35)14-13-15-36-28-20-26(32(7,8)9)19-27(21-28)33(10,11)12/h16-21H,13-15,22H2,1-12H3,(H,34,35). The first-order valence-electron chi connectivity index (χ1n) is 13.5. The SMILES string of the molecule is CC(C)(C)c1cc(CNC(=O)CCCOc2cc(C(C)(C)C)cc(C(C)(C)C)c2)cc(C(C)(C)C)c1. The molecule has 0 spiro atoms. The number of rotatable bonds is 7. The van der Waals surface area contributed by atoms with E-state index in [0.29, 0.717) is 26.0 Å². The van der Waals surface area contributed by atoms with Crippen molar-refractivity contribution in [3.63, 3.8) is 0 Å². The molecule has 0 atom stereocenters. The van der Waals surface area contributed by atoms with Crippen molar-refractivity contribution < 1.29 is 9.53 Å². The van der Waals surface area contributed by atoms with Crippen molar-refractivity contribution in [3.05, 3.63) is 64.2 Å². The molecule has 1 N–H and O–H groups in total. The summed E-state index contributed by atoms with van der Waals surface area (Å²) in [7, 11) is 0. The van der Waals surface area contributed by atoms with E-state index in [1.807, 2.05) is 0 Å². The molecule has 3 heteroatoms. The highest BCUT2D eigenvalue weighted by molar-refractivity contribution is 5.75. The summed E-state index contributed by atoms with van der Waals surface area (Å²) < 4.78 is 6.12. The number of benzene rings is 2. The summed E-state index contributed by atoms with van der Waals surface area (Å²) >= 11 is 0. The van der Waals surface area contributed by atoms with Gasteiger partial charge < -0.3 is 10.1 Å². The zero-order chi connectivity index (χ0) is 27.5. The van der Waals surface area contributed by atoms with Gasteiger partial charge in [-0.05, 0) is 68.0 Å². The summed E-state index contributed by atoms with van der Waals surface area (Å²) in [5, 5.41) is 3.12. The fourth-order valence-electron chi connectivity index (χ4n) is 3.92. The molecule has 36 heavy (non-hydrogen) atoms. The van der Waals surface area contributed by atoms with E-state index in [0.717, 1.165) is 11.3 Å². The van der Waals surface area contributed by atoms with Crippen molar-refractivity contribution in [2.24, 2.45) is 0 Å². The van der Waals surface area contributed by atoms with Crippen LogP contribution in [0.15, 0.2) is 36.4 Å². The maximum atomic E-state index is 12.6. The highest BCUT2D eigenvalue weighted by atomic mass is 16.5. The molecule has 0 saturated carbocycles. The Balaban J connectivity index is 1.97. The summed E-state index contributed by atoms with van der Waals surface area (Å²) in [6.45, 7) is 27.8. The van der Waals surface area contributed by atoms with Gasteiger partial charge in [0.05, 0.1) is 6.61 Å². The first-order chi connectivity index (χ1) is 16.3. The first-order valence-corrected chi connectivity index (χ1v) is 13.5. The van der Waals surface area contributed by atoms with Gasteiger partial charge in [-0.2, -0.15) is 0 Å². The van der Waals surface area contributed by atoms with Crippen molar-refractivity contribution in [3.8, 4) is 5.75 Å². The Labute approximate surface area is 221 Å². The van der Waals surface area contributed by atoms with E-state index in [-0.39, 0.29) is 27.6 Å². The van der Waals surface area contributed by atoms with E-state index in [2.05, 4.69) is 125 Å². The Morgan fingerprint density at radius 1 is 0.639 bits per heavy atom. The van der Waals surface area contributed by atoms with Gasteiger partial charge in [-0.15, -0.1) is 0 Å². The van der Waals surface area contributed by atoms with Crippen LogP contribution in [-0.2, 0) is 33.0 Å². The van der Waals surface area contributed by atoms with Crippen molar-refractivity contribution in [1.29, 1.82) is 0 Å². The van der Waals surface area contributed by atoms with E-state index < -0.39 is 0 Å². The van der Waals surface area contributed by atoms with E-state index in [1.165, 1.54) is 22.3 Å². The molecule has 0 radical (unpaired) electrons. The second-order valence-corrected chi connectivity index (χ2v) is 14.4. The van der Waals surface area contributed by atoms with Gasteiger partial charge in [-0.25, -0.2) is 0 Å². The third kappa shape index (κ3) is 8.98. The van der Waals surface area contributed by atoms with Crippen molar-refractivity contribution in [1.82, 2.24) is 5.32 Å². The maximum Gasteiger partial charge on any atom is 0.220 e. The number of hydrogen-bond acceptors (Lipinski definition) is 2. The molecule has 0 aliphatic heterocycles. The molecule has 200 valence electrons. The zero-order valence-corrected chi connectivity index (χ0v) is 25.1. The Kier molecular flexibility index (Phi) is 9.14. The molecular weight excluding hydrogens is 442 g/mol. The number of hydrogen-bond donors (Lipinski definition) is 1. The number of amides is 1. The van der Waals surface area contributed by atoms with Crippen LogP contribution in [-0.4, -0.2) is 12.5 Å². The summed E-state index contributed by atoms with van der Waals surface area (Å²) in [5.74, 6) is 0.956. The monoisotopic (exact) mass is 493 g/mol. The fraction of sp³-hybridized carbons (Fsp3) is 0.606. The van der Waals surface area contributed by atoms with Gasteiger partial charge in [0, 0.05) is 13.0 Å². The number of ether oxygens (including phenoxy) is 1. The third-order valence-corrected chi connectivity index (χ3v) is 6.67. The zero-order valence-electron chi connectivity index (χ0n) is 25.1. The minimum atomic E-state index is 0.0520. The Morgan fingerprint density at radius 2 is 1.03 bits per heavy atom. The largest absolute Gasteiger partial charge is 0.494 e. The first kappa shape index (κ1) is 29.9. The molecular formula is C33H51NO2. The number of carbonyl (C=O) groups is 1. The van der Waals surface area contributed by atoms with Crippen LogP contribution in [0.3, 0.4) is 0 Å². The minimum Gasteiger partial charge on any atom is -0.494 e. The summed E-state index contributed by atoms with van der Waals surface area (Å²) in [6, 6.07) is 13.3. The van der Waals surface area contributed by atoms with Crippen LogP contribution in [0.25, 0.3) is 0 Å². The number of nitrogens with one attached hydrogen (secondary N) is 1. The van der Waals surface area contributed by atoms with Gasteiger partial charge in [-0.3, -0.25) is 4.79 Å². The van der Waals surface area contributed by atoms with Crippen molar-refractivity contribution in [2.45, 2.75) is 124 Å². The van der Waals surface area contributed by atoms with E-state index in [9.17, 15) is 4.79 Å². The quantitative estimate of drug-likeness (QED) is 0.394. The molecule has 2 aromatic carbocycles. The van der Waals surface area contributed by atoms with Crippen LogP contribution in [0.2, 0.25) is 0 Å². The van der Waals surface area contributed by atoms with Crippen molar-refractivity contribution >= 4 is 5.91 Å². The smallest absolute Gasteiger partial charge is 0.220 e. The summed E-state index contributed by atoms with van der Waals surface area (Å²) in [4.78, 5) is 12.6. The van der Waals surface area contributed by atoms with Crippen LogP contribution in [0.4, 0.5) is 0 Å². The Bertz CT molecular complexity index is 973. The van der Waals surface area contributed by atoms with E-state index >= 15 is 0 Å².